The number of rotatable bonds is 6. The highest BCUT2D eigenvalue weighted by Crippen LogP contribution is 2.13. The summed E-state index contributed by atoms with van der Waals surface area (Å²) in [7, 11) is 0. The number of carbonyl (C=O) groups excluding carboxylic acids is 1. The van der Waals surface area contributed by atoms with Gasteiger partial charge in [-0.2, -0.15) is 0 Å². The van der Waals surface area contributed by atoms with E-state index in [4.69, 9.17) is 4.74 Å². The minimum atomic E-state index is -1.14. The fourth-order valence-corrected chi connectivity index (χ4v) is 1.79. The second kappa shape index (κ2) is 7.16. The fraction of sp³-hybridized carbons (Fsp3) is 0.133. The quantitative estimate of drug-likeness (QED) is 0.289. The molecular weight excluding hydrogens is 272 g/mol. The summed E-state index contributed by atoms with van der Waals surface area (Å²) >= 11 is 0. The molecular formula is C15H14N2O4. The Hall–Kier alpha value is -2.73. The van der Waals surface area contributed by atoms with Crippen molar-refractivity contribution < 1.29 is 14.5 Å². The van der Waals surface area contributed by atoms with Gasteiger partial charge >= 0.3 is 5.97 Å². The molecule has 0 saturated heterocycles. The zero-order chi connectivity index (χ0) is 15.1. The molecule has 0 aliphatic rings. The van der Waals surface area contributed by atoms with E-state index in [0.717, 1.165) is 0 Å². The number of hydrogen-bond donors (Lipinski definition) is 1. The van der Waals surface area contributed by atoms with Crippen molar-refractivity contribution in [2.45, 2.75) is 6.17 Å². The van der Waals surface area contributed by atoms with Gasteiger partial charge in [0.1, 0.15) is 12.3 Å². The third-order valence-electron chi connectivity index (χ3n) is 2.74. The minimum Gasteiger partial charge on any atom is -0.426 e. The van der Waals surface area contributed by atoms with Crippen molar-refractivity contribution in [2.24, 2.45) is 0 Å². The maximum Gasteiger partial charge on any atom is 0.325 e. The molecule has 0 saturated carbocycles. The van der Waals surface area contributed by atoms with Gasteiger partial charge in [0.05, 0.1) is 0 Å². The van der Waals surface area contributed by atoms with E-state index in [-0.39, 0.29) is 6.54 Å². The summed E-state index contributed by atoms with van der Waals surface area (Å²) in [4.78, 5) is 22.2. The van der Waals surface area contributed by atoms with Crippen molar-refractivity contribution >= 4 is 5.97 Å². The predicted molar refractivity (Wildman–Crippen MR) is 76.3 cm³/mol. The predicted octanol–water partition coefficient (Wildman–Crippen LogP) is 2.16. The lowest BCUT2D eigenvalue weighted by atomic mass is 10.2. The van der Waals surface area contributed by atoms with Crippen molar-refractivity contribution in [3.05, 3.63) is 76.3 Å². The van der Waals surface area contributed by atoms with Crippen LogP contribution < -0.4 is 10.1 Å². The van der Waals surface area contributed by atoms with Gasteiger partial charge in [-0.25, -0.2) is 5.32 Å². The first-order valence-corrected chi connectivity index (χ1v) is 6.34. The standard InChI is InChI=1S/C15H14N2O4/c18-14(21-13-9-5-2-6-10-13)11-16-15(17(19)20)12-7-3-1-4-8-12/h1-10,15-16H,11H2. The van der Waals surface area contributed by atoms with Crippen LogP contribution in [0.25, 0.3) is 0 Å². The molecule has 0 radical (unpaired) electrons. The summed E-state index contributed by atoms with van der Waals surface area (Å²) < 4.78 is 5.06. The van der Waals surface area contributed by atoms with Gasteiger partial charge < -0.3 is 4.74 Å². The van der Waals surface area contributed by atoms with Gasteiger partial charge in [0.25, 0.3) is 6.17 Å². The van der Waals surface area contributed by atoms with Crippen molar-refractivity contribution in [1.82, 2.24) is 5.32 Å². The first-order valence-electron chi connectivity index (χ1n) is 6.34. The zero-order valence-electron chi connectivity index (χ0n) is 11.1. The maximum atomic E-state index is 11.7. The molecule has 21 heavy (non-hydrogen) atoms. The Morgan fingerprint density at radius 1 is 1.10 bits per heavy atom. The van der Waals surface area contributed by atoms with Crippen LogP contribution in [-0.4, -0.2) is 17.4 Å². The summed E-state index contributed by atoms with van der Waals surface area (Å²) in [6.45, 7) is -0.255. The van der Waals surface area contributed by atoms with Crippen molar-refractivity contribution in [1.29, 1.82) is 0 Å². The number of esters is 1. The van der Waals surface area contributed by atoms with Gasteiger partial charge in [-0.15, -0.1) is 0 Å². The van der Waals surface area contributed by atoms with Crippen molar-refractivity contribution in [2.75, 3.05) is 6.54 Å². The van der Waals surface area contributed by atoms with Gasteiger partial charge in [0, 0.05) is 10.5 Å². The van der Waals surface area contributed by atoms with Crippen molar-refractivity contribution in [3.8, 4) is 5.75 Å². The summed E-state index contributed by atoms with van der Waals surface area (Å²) in [5, 5.41) is 13.6. The Labute approximate surface area is 121 Å². The van der Waals surface area contributed by atoms with Crippen LogP contribution in [0.4, 0.5) is 0 Å². The lowest BCUT2D eigenvalue weighted by Crippen LogP contribution is -2.34. The average molecular weight is 286 g/mol. The summed E-state index contributed by atoms with van der Waals surface area (Å²) in [6.07, 6.45) is -1.14. The molecule has 1 atom stereocenters. The highest BCUT2D eigenvalue weighted by Gasteiger charge is 2.22. The lowest BCUT2D eigenvalue weighted by Gasteiger charge is -2.11. The molecule has 2 aromatic rings. The number of benzene rings is 2. The highest BCUT2D eigenvalue weighted by molar-refractivity contribution is 5.74. The smallest absolute Gasteiger partial charge is 0.325 e. The molecule has 0 heterocycles. The molecule has 2 rings (SSSR count). The van der Waals surface area contributed by atoms with Crippen LogP contribution in [0.5, 0.6) is 5.75 Å². The lowest BCUT2D eigenvalue weighted by molar-refractivity contribution is -0.535. The topological polar surface area (TPSA) is 81.5 Å². The molecule has 0 spiro atoms. The van der Waals surface area contributed by atoms with Crippen LogP contribution >= 0.6 is 0 Å². The third-order valence-corrected chi connectivity index (χ3v) is 2.74. The van der Waals surface area contributed by atoms with Crippen LogP contribution in [-0.2, 0) is 4.79 Å². The minimum absolute atomic E-state index is 0.255. The van der Waals surface area contributed by atoms with Gasteiger partial charge in [-0.05, 0) is 12.1 Å². The molecule has 2 aromatic carbocycles. The van der Waals surface area contributed by atoms with E-state index >= 15 is 0 Å². The number of para-hydroxylation sites is 1. The monoisotopic (exact) mass is 286 g/mol. The first kappa shape index (κ1) is 14.7. The molecule has 1 N–H and O–H groups in total. The maximum absolute atomic E-state index is 11.7. The van der Waals surface area contributed by atoms with E-state index in [1.807, 2.05) is 0 Å². The Morgan fingerprint density at radius 2 is 1.67 bits per heavy atom. The molecule has 0 aromatic heterocycles. The second-order valence-corrected chi connectivity index (χ2v) is 4.27. The van der Waals surface area contributed by atoms with Crippen LogP contribution in [0.15, 0.2) is 60.7 Å². The SMILES string of the molecule is O=C(CNC(c1ccccc1)[N+](=O)[O-])Oc1ccccc1. The Balaban J connectivity index is 1.93. The van der Waals surface area contributed by atoms with E-state index in [9.17, 15) is 14.9 Å². The molecule has 0 fully saturated rings. The first-order chi connectivity index (χ1) is 10.2. The van der Waals surface area contributed by atoms with Gasteiger partial charge in [0.15, 0.2) is 0 Å². The molecule has 0 bridgehead atoms. The zero-order valence-corrected chi connectivity index (χ0v) is 11.1. The van der Waals surface area contributed by atoms with E-state index in [1.54, 1.807) is 60.7 Å². The molecule has 0 aliphatic heterocycles. The van der Waals surface area contributed by atoms with Gasteiger partial charge in [0.2, 0.25) is 0 Å². The summed E-state index contributed by atoms with van der Waals surface area (Å²) in [5.41, 5.74) is 0.481. The van der Waals surface area contributed by atoms with Gasteiger partial charge in [-0.3, -0.25) is 14.9 Å². The van der Waals surface area contributed by atoms with Crippen LogP contribution in [0.2, 0.25) is 0 Å². The summed E-state index contributed by atoms with van der Waals surface area (Å²) in [5.74, 6) is -0.175. The number of nitrogens with one attached hydrogen (secondary N) is 1. The average Bonchev–Trinajstić information content (AvgIpc) is 2.49. The van der Waals surface area contributed by atoms with Crippen molar-refractivity contribution in [3.63, 3.8) is 0 Å². The molecule has 0 amide bonds. The number of nitro groups is 1. The fourth-order valence-electron chi connectivity index (χ4n) is 1.79. The second-order valence-electron chi connectivity index (χ2n) is 4.27. The Bertz CT molecular complexity index is 602. The molecule has 1 unspecified atom stereocenters. The number of hydrogen-bond acceptors (Lipinski definition) is 5. The normalized spacial score (nSPS) is 11.6. The number of ether oxygens (including phenoxy) is 1. The molecule has 6 nitrogen and oxygen atoms in total. The Morgan fingerprint density at radius 3 is 2.24 bits per heavy atom. The molecule has 6 heteroatoms. The largest absolute Gasteiger partial charge is 0.426 e. The Kier molecular flexibility index (Phi) is 5.00. The van der Waals surface area contributed by atoms with Crippen LogP contribution in [0, 0.1) is 10.1 Å². The van der Waals surface area contributed by atoms with Crippen LogP contribution in [0.1, 0.15) is 11.7 Å². The third kappa shape index (κ3) is 4.39. The number of nitrogens with zero attached hydrogens (tertiary/aromatic N) is 1. The number of carbonyl (C=O) groups is 1. The highest BCUT2D eigenvalue weighted by atomic mass is 16.6. The van der Waals surface area contributed by atoms with E-state index in [0.29, 0.717) is 11.3 Å². The van der Waals surface area contributed by atoms with Crippen LogP contribution in [0.3, 0.4) is 0 Å². The van der Waals surface area contributed by atoms with Gasteiger partial charge in [-0.1, -0.05) is 48.5 Å². The molecule has 108 valence electrons. The summed E-state index contributed by atoms with van der Waals surface area (Å²) in [6, 6.07) is 17.0. The van der Waals surface area contributed by atoms with E-state index in [1.165, 1.54) is 0 Å². The van der Waals surface area contributed by atoms with E-state index in [2.05, 4.69) is 5.32 Å². The molecule has 0 aliphatic carbocycles. The van der Waals surface area contributed by atoms with E-state index < -0.39 is 17.1 Å².